The third-order valence-electron chi connectivity index (χ3n) is 3.44. The maximum atomic E-state index is 13.7. The number of sulfonamides is 1. The van der Waals surface area contributed by atoms with Crippen LogP contribution in [-0.2, 0) is 14.8 Å². The highest BCUT2D eigenvalue weighted by Crippen LogP contribution is 2.21. The second kappa shape index (κ2) is 6.80. The van der Waals surface area contributed by atoms with E-state index < -0.39 is 15.8 Å². The minimum Gasteiger partial charge on any atom is -0.374 e. The SMILES string of the molecule is CS(=O)(=O)N1CCN(C(=O)CNc2cccc(Cl)c2F)CC1. The molecule has 0 unspecified atom stereocenters. The highest BCUT2D eigenvalue weighted by atomic mass is 35.5. The van der Waals surface area contributed by atoms with Gasteiger partial charge in [-0.25, -0.2) is 12.8 Å². The zero-order chi connectivity index (χ0) is 16.3. The molecule has 1 aromatic carbocycles. The molecule has 2 rings (SSSR count). The number of halogens is 2. The van der Waals surface area contributed by atoms with Crippen molar-refractivity contribution in [1.29, 1.82) is 0 Å². The minimum absolute atomic E-state index is 0.0146. The predicted molar refractivity (Wildman–Crippen MR) is 82.9 cm³/mol. The number of nitrogens with one attached hydrogen (secondary N) is 1. The summed E-state index contributed by atoms with van der Waals surface area (Å²) in [4.78, 5) is 13.6. The van der Waals surface area contributed by atoms with Crippen molar-refractivity contribution < 1.29 is 17.6 Å². The van der Waals surface area contributed by atoms with Crippen molar-refractivity contribution >= 4 is 33.2 Å². The zero-order valence-corrected chi connectivity index (χ0v) is 13.6. The van der Waals surface area contributed by atoms with Crippen LogP contribution in [0.4, 0.5) is 10.1 Å². The van der Waals surface area contributed by atoms with Crippen molar-refractivity contribution in [3.8, 4) is 0 Å². The maximum absolute atomic E-state index is 13.7. The monoisotopic (exact) mass is 349 g/mol. The van der Waals surface area contributed by atoms with Gasteiger partial charge in [0.05, 0.1) is 23.5 Å². The molecule has 0 spiro atoms. The molecule has 1 N–H and O–H groups in total. The molecule has 0 atom stereocenters. The van der Waals surface area contributed by atoms with E-state index in [-0.39, 0.29) is 36.3 Å². The fourth-order valence-electron chi connectivity index (χ4n) is 2.19. The van der Waals surface area contributed by atoms with Crippen LogP contribution in [-0.4, -0.2) is 62.5 Å². The molecule has 1 aromatic rings. The summed E-state index contributed by atoms with van der Waals surface area (Å²) in [5, 5.41) is 2.70. The summed E-state index contributed by atoms with van der Waals surface area (Å²) in [5.74, 6) is -0.814. The van der Waals surface area contributed by atoms with E-state index in [0.29, 0.717) is 13.1 Å². The van der Waals surface area contributed by atoms with Gasteiger partial charge in [-0.15, -0.1) is 0 Å². The maximum Gasteiger partial charge on any atom is 0.241 e. The quantitative estimate of drug-likeness (QED) is 0.880. The lowest BCUT2D eigenvalue weighted by atomic mass is 10.3. The summed E-state index contributed by atoms with van der Waals surface area (Å²) in [7, 11) is -3.23. The molecular formula is C13H17ClFN3O3S. The number of anilines is 1. The minimum atomic E-state index is -3.23. The Morgan fingerprint density at radius 1 is 1.32 bits per heavy atom. The Morgan fingerprint density at radius 3 is 2.55 bits per heavy atom. The van der Waals surface area contributed by atoms with Crippen molar-refractivity contribution in [2.75, 3.05) is 44.3 Å². The fraction of sp³-hybridized carbons (Fsp3) is 0.462. The van der Waals surface area contributed by atoms with Crippen molar-refractivity contribution in [3.63, 3.8) is 0 Å². The third kappa shape index (κ3) is 4.08. The summed E-state index contributed by atoms with van der Waals surface area (Å²) >= 11 is 5.66. The van der Waals surface area contributed by atoms with Crippen molar-refractivity contribution in [2.24, 2.45) is 0 Å². The molecule has 0 bridgehead atoms. The highest BCUT2D eigenvalue weighted by Gasteiger charge is 2.25. The van der Waals surface area contributed by atoms with Crippen LogP contribution in [0.2, 0.25) is 5.02 Å². The summed E-state index contributed by atoms with van der Waals surface area (Å²) < 4.78 is 37.8. The average Bonchev–Trinajstić information content (AvgIpc) is 2.48. The molecule has 1 heterocycles. The molecule has 22 heavy (non-hydrogen) atoms. The number of rotatable bonds is 4. The number of hydrogen-bond donors (Lipinski definition) is 1. The van der Waals surface area contributed by atoms with E-state index in [4.69, 9.17) is 11.6 Å². The fourth-order valence-corrected chi connectivity index (χ4v) is 3.19. The largest absolute Gasteiger partial charge is 0.374 e. The first-order chi connectivity index (χ1) is 10.3. The van der Waals surface area contributed by atoms with Gasteiger partial charge in [-0.1, -0.05) is 17.7 Å². The molecular weight excluding hydrogens is 333 g/mol. The number of hydrogen-bond acceptors (Lipinski definition) is 4. The summed E-state index contributed by atoms with van der Waals surface area (Å²) in [6.45, 7) is 1.12. The lowest BCUT2D eigenvalue weighted by molar-refractivity contribution is -0.130. The number of amides is 1. The van der Waals surface area contributed by atoms with E-state index in [1.807, 2.05) is 0 Å². The second-order valence-electron chi connectivity index (χ2n) is 5.00. The Bertz CT molecular complexity index is 660. The Balaban J connectivity index is 1.88. The first-order valence-corrected chi connectivity index (χ1v) is 8.92. The lowest BCUT2D eigenvalue weighted by Crippen LogP contribution is -2.51. The van der Waals surface area contributed by atoms with E-state index in [2.05, 4.69) is 5.32 Å². The van der Waals surface area contributed by atoms with Gasteiger partial charge in [0, 0.05) is 26.2 Å². The average molecular weight is 350 g/mol. The molecule has 0 radical (unpaired) electrons. The molecule has 0 aliphatic carbocycles. The van der Waals surface area contributed by atoms with Crippen molar-refractivity contribution in [3.05, 3.63) is 29.0 Å². The molecule has 1 fully saturated rings. The van der Waals surface area contributed by atoms with Gasteiger partial charge < -0.3 is 10.2 Å². The molecule has 122 valence electrons. The molecule has 1 amide bonds. The van der Waals surface area contributed by atoms with Gasteiger partial charge in [0.15, 0.2) is 5.82 Å². The van der Waals surface area contributed by atoms with Crippen LogP contribution < -0.4 is 5.32 Å². The number of carbonyl (C=O) groups excluding carboxylic acids is 1. The summed E-state index contributed by atoms with van der Waals surface area (Å²) in [5.41, 5.74) is 0.163. The molecule has 6 nitrogen and oxygen atoms in total. The first-order valence-electron chi connectivity index (χ1n) is 6.70. The van der Waals surface area contributed by atoms with Crippen LogP contribution in [0.3, 0.4) is 0 Å². The Hall–Kier alpha value is -1.38. The van der Waals surface area contributed by atoms with Crippen LogP contribution >= 0.6 is 11.6 Å². The number of carbonyl (C=O) groups is 1. The predicted octanol–water partition coefficient (Wildman–Crippen LogP) is 0.995. The van der Waals surface area contributed by atoms with Crippen LogP contribution in [0.5, 0.6) is 0 Å². The van der Waals surface area contributed by atoms with Crippen molar-refractivity contribution in [2.45, 2.75) is 0 Å². The highest BCUT2D eigenvalue weighted by molar-refractivity contribution is 7.88. The molecule has 1 aliphatic heterocycles. The molecule has 1 aliphatic rings. The van der Waals surface area contributed by atoms with Gasteiger partial charge in [0.2, 0.25) is 15.9 Å². The number of benzene rings is 1. The standard InChI is InChI=1S/C13H17ClFN3O3S/c1-22(20,21)18-7-5-17(6-8-18)12(19)9-16-11-4-2-3-10(14)13(11)15/h2-4,16H,5-9H2,1H3. The summed E-state index contributed by atoms with van der Waals surface area (Å²) in [6, 6.07) is 4.51. The van der Waals surface area contributed by atoms with Crippen LogP contribution in [0.25, 0.3) is 0 Å². The lowest BCUT2D eigenvalue weighted by Gasteiger charge is -2.33. The van der Waals surface area contributed by atoms with Crippen LogP contribution in [0.1, 0.15) is 0 Å². The van der Waals surface area contributed by atoms with E-state index >= 15 is 0 Å². The van der Waals surface area contributed by atoms with Gasteiger partial charge >= 0.3 is 0 Å². The zero-order valence-electron chi connectivity index (χ0n) is 12.1. The Morgan fingerprint density at radius 2 is 1.95 bits per heavy atom. The number of nitrogens with zero attached hydrogens (tertiary/aromatic N) is 2. The first kappa shape index (κ1) is 17.0. The van der Waals surface area contributed by atoms with E-state index in [1.165, 1.54) is 16.4 Å². The molecule has 9 heteroatoms. The smallest absolute Gasteiger partial charge is 0.241 e. The van der Waals surface area contributed by atoms with Gasteiger partial charge in [-0.05, 0) is 12.1 Å². The molecule has 0 aromatic heterocycles. The normalized spacial score (nSPS) is 16.6. The summed E-state index contributed by atoms with van der Waals surface area (Å²) in [6.07, 6.45) is 1.15. The van der Waals surface area contributed by atoms with E-state index in [1.54, 1.807) is 11.0 Å². The molecule has 0 saturated carbocycles. The van der Waals surface area contributed by atoms with E-state index in [0.717, 1.165) is 6.26 Å². The van der Waals surface area contributed by atoms with E-state index in [9.17, 15) is 17.6 Å². The number of piperazine rings is 1. The topological polar surface area (TPSA) is 69.7 Å². The van der Waals surface area contributed by atoms with Crippen LogP contribution in [0, 0.1) is 5.82 Å². The Kier molecular flexibility index (Phi) is 5.25. The van der Waals surface area contributed by atoms with Gasteiger partial charge in [-0.3, -0.25) is 4.79 Å². The van der Waals surface area contributed by atoms with Gasteiger partial charge in [0.25, 0.3) is 0 Å². The second-order valence-corrected chi connectivity index (χ2v) is 7.39. The van der Waals surface area contributed by atoms with Gasteiger partial charge in [0.1, 0.15) is 0 Å². The van der Waals surface area contributed by atoms with Gasteiger partial charge in [-0.2, -0.15) is 4.31 Å². The molecule has 1 saturated heterocycles. The van der Waals surface area contributed by atoms with Crippen LogP contribution in [0.15, 0.2) is 18.2 Å². The van der Waals surface area contributed by atoms with Crippen molar-refractivity contribution in [1.82, 2.24) is 9.21 Å². The third-order valence-corrected chi connectivity index (χ3v) is 5.04. The Labute approximate surface area is 133 Å².